The second-order valence-corrected chi connectivity index (χ2v) is 6.64. The quantitative estimate of drug-likeness (QED) is 0.794. The summed E-state index contributed by atoms with van der Waals surface area (Å²) in [6.07, 6.45) is 2.76. The van der Waals surface area contributed by atoms with Crippen molar-refractivity contribution in [1.29, 1.82) is 0 Å². The number of piperidine rings is 1. The average Bonchev–Trinajstić information content (AvgIpc) is 3.03. The predicted octanol–water partition coefficient (Wildman–Crippen LogP) is 3.13. The number of hydrogen-bond donors (Lipinski definition) is 0. The molecular formula is C19H25FN4O2. The Morgan fingerprint density at radius 2 is 2.12 bits per heavy atom. The van der Waals surface area contributed by atoms with E-state index in [1.165, 1.54) is 12.1 Å². The number of benzene rings is 1. The molecule has 0 saturated carbocycles. The molecule has 0 bridgehead atoms. The van der Waals surface area contributed by atoms with Crippen LogP contribution >= 0.6 is 0 Å². The summed E-state index contributed by atoms with van der Waals surface area (Å²) in [5.41, 5.74) is 0. The van der Waals surface area contributed by atoms with E-state index in [0.29, 0.717) is 17.5 Å². The minimum absolute atomic E-state index is 0.127. The molecule has 0 atom stereocenters. The molecule has 2 aromatic rings. The molecule has 0 spiro atoms. The zero-order chi connectivity index (χ0) is 18.5. The number of halogens is 1. The third kappa shape index (κ3) is 4.39. The van der Waals surface area contributed by atoms with Gasteiger partial charge in [-0.25, -0.2) is 14.1 Å². The number of ether oxygens (including phenoxy) is 1. The van der Waals surface area contributed by atoms with E-state index in [1.54, 1.807) is 19.1 Å². The molecule has 1 aliphatic rings. The van der Waals surface area contributed by atoms with Crippen molar-refractivity contribution < 1.29 is 13.9 Å². The van der Waals surface area contributed by atoms with Gasteiger partial charge < -0.3 is 9.64 Å². The summed E-state index contributed by atoms with van der Waals surface area (Å²) in [5.74, 6) is 2.13. The van der Waals surface area contributed by atoms with Crippen LogP contribution in [0.5, 0.6) is 5.75 Å². The van der Waals surface area contributed by atoms with Gasteiger partial charge >= 0.3 is 0 Å². The monoisotopic (exact) mass is 360 g/mol. The van der Waals surface area contributed by atoms with Crippen molar-refractivity contribution in [1.82, 2.24) is 19.7 Å². The van der Waals surface area contributed by atoms with E-state index in [2.05, 4.69) is 17.0 Å². The van der Waals surface area contributed by atoms with Gasteiger partial charge in [-0.2, -0.15) is 5.10 Å². The molecule has 26 heavy (non-hydrogen) atoms. The van der Waals surface area contributed by atoms with E-state index in [9.17, 15) is 9.18 Å². The maximum absolute atomic E-state index is 13.2. The van der Waals surface area contributed by atoms with Crippen molar-refractivity contribution in [3.8, 4) is 5.75 Å². The number of aromatic nitrogens is 3. The van der Waals surface area contributed by atoms with Crippen LogP contribution in [0.15, 0.2) is 24.3 Å². The summed E-state index contributed by atoms with van der Waals surface area (Å²) in [5, 5.41) is 4.57. The van der Waals surface area contributed by atoms with Crippen LogP contribution in [-0.2, 0) is 17.9 Å². The highest BCUT2D eigenvalue weighted by Crippen LogP contribution is 2.27. The van der Waals surface area contributed by atoms with Gasteiger partial charge in [0.15, 0.2) is 5.82 Å². The lowest BCUT2D eigenvalue weighted by Crippen LogP contribution is -2.36. The smallest absolute Gasteiger partial charge is 0.219 e. The standard InChI is InChI=1S/C19H25FN4O2/c1-3-9-24-19(15-7-10-23(11-8-15)14(2)25)21-18(22-24)13-26-17-6-4-5-16(20)12-17/h4-6,12,15H,3,7-11,13H2,1-2H3. The first kappa shape index (κ1) is 18.4. The summed E-state index contributed by atoms with van der Waals surface area (Å²) < 4.78 is 20.8. The Kier molecular flexibility index (Phi) is 5.85. The highest BCUT2D eigenvalue weighted by Gasteiger charge is 2.26. The summed E-state index contributed by atoms with van der Waals surface area (Å²) in [7, 11) is 0. The van der Waals surface area contributed by atoms with E-state index in [4.69, 9.17) is 4.74 Å². The van der Waals surface area contributed by atoms with Crippen LogP contribution in [0.25, 0.3) is 0 Å². The molecule has 0 radical (unpaired) electrons. The van der Waals surface area contributed by atoms with Gasteiger partial charge in [-0.05, 0) is 31.4 Å². The van der Waals surface area contributed by atoms with Crippen LogP contribution in [-0.4, -0.2) is 38.7 Å². The van der Waals surface area contributed by atoms with Gasteiger partial charge in [-0.3, -0.25) is 4.79 Å². The second-order valence-electron chi connectivity index (χ2n) is 6.64. The molecule has 0 aliphatic carbocycles. The third-order valence-electron chi connectivity index (χ3n) is 4.65. The van der Waals surface area contributed by atoms with Gasteiger partial charge in [-0.15, -0.1) is 0 Å². The van der Waals surface area contributed by atoms with Crippen LogP contribution in [0.3, 0.4) is 0 Å². The van der Waals surface area contributed by atoms with E-state index >= 15 is 0 Å². The molecule has 2 heterocycles. The van der Waals surface area contributed by atoms with Crippen LogP contribution in [0.4, 0.5) is 4.39 Å². The van der Waals surface area contributed by atoms with E-state index in [1.807, 2.05) is 9.58 Å². The van der Waals surface area contributed by atoms with Crippen LogP contribution in [0.2, 0.25) is 0 Å². The van der Waals surface area contributed by atoms with Crippen molar-refractivity contribution in [3.05, 3.63) is 41.7 Å². The maximum atomic E-state index is 13.2. The van der Waals surface area contributed by atoms with Crippen molar-refractivity contribution in [2.75, 3.05) is 13.1 Å². The Balaban J connectivity index is 1.69. The zero-order valence-corrected chi connectivity index (χ0v) is 15.3. The maximum Gasteiger partial charge on any atom is 0.219 e. The lowest BCUT2D eigenvalue weighted by molar-refractivity contribution is -0.129. The fourth-order valence-corrected chi connectivity index (χ4v) is 3.30. The number of carbonyl (C=O) groups is 1. The molecule has 6 nitrogen and oxygen atoms in total. The molecule has 1 saturated heterocycles. The third-order valence-corrected chi connectivity index (χ3v) is 4.65. The van der Waals surface area contributed by atoms with Gasteiger partial charge in [0.05, 0.1) is 0 Å². The number of rotatable bonds is 6. The second kappa shape index (κ2) is 8.29. The van der Waals surface area contributed by atoms with Crippen LogP contribution in [0, 0.1) is 5.82 Å². The van der Waals surface area contributed by atoms with Crippen molar-refractivity contribution in [2.45, 2.75) is 52.2 Å². The molecule has 1 fully saturated rings. The Bertz CT molecular complexity index is 754. The number of hydrogen-bond acceptors (Lipinski definition) is 4. The molecule has 1 aromatic heterocycles. The zero-order valence-electron chi connectivity index (χ0n) is 15.3. The Labute approximate surface area is 153 Å². The highest BCUT2D eigenvalue weighted by molar-refractivity contribution is 5.73. The molecule has 0 N–H and O–H groups in total. The lowest BCUT2D eigenvalue weighted by atomic mass is 9.96. The minimum Gasteiger partial charge on any atom is -0.485 e. The largest absolute Gasteiger partial charge is 0.485 e. The fourth-order valence-electron chi connectivity index (χ4n) is 3.30. The Morgan fingerprint density at radius 1 is 1.35 bits per heavy atom. The summed E-state index contributed by atoms with van der Waals surface area (Å²) in [4.78, 5) is 18.1. The van der Waals surface area contributed by atoms with Gasteiger partial charge in [0.25, 0.3) is 0 Å². The Hall–Kier alpha value is -2.44. The first-order valence-corrected chi connectivity index (χ1v) is 9.14. The van der Waals surface area contributed by atoms with Gasteiger partial charge in [0, 0.05) is 38.5 Å². The molecule has 1 aliphatic heterocycles. The average molecular weight is 360 g/mol. The SMILES string of the molecule is CCCn1nc(COc2cccc(F)c2)nc1C1CCN(C(C)=O)CC1. The first-order valence-electron chi connectivity index (χ1n) is 9.14. The molecule has 1 aromatic carbocycles. The van der Waals surface area contributed by atoms with Crippen LogP contribution < -0.4 is 4.74 Å². The van der Waals surface area contributed by atoms with Crippen LogP contribution in [0.1, 0.15) is 50.7 Å². The summed E-state index contributed by atoms with van der Waals surface area (Å²) in [6, 6.07) is 6.06. The van der Waals surface area contributed by atoms with Crippen molar-refractivity contribution in [2.24, 2.45) is 0 Å². The normalized spacial score (nSPS) is 15.3. The van der Waals surface area contributed by atoms with E-state index in [0.717, 1.165) is 44.7 Å². The van der Waals surface area contributed by atoms with E-state index in [-0.39, 0.29) is 18.3 Å². The number of nitrogens with zero attached hydrogens (tertiary/aromatic N) is 4. The summed E-state index contributed by atoms with van der Waals surface area (Å²) >= 11 is 0. The van der Waals surface area contributed by atoms with Crippen molar-refractivity contribution in [3.63, 3.8) is 0 Å². The molecule has 140 valence electrons. The number of aryl methyl sites for hydroxylation is 1. The van der Waals surface area contributed by atoms with E-state index < -0.39 is 0 Å². The molecule has 0 unspecified atom stereocenters. The Morgan fingerprint density at radius 3 is 2.77 bits per heavy atom. The summed E-state index contributed by atoms with van der Waals surface area (Å²) in [6.45, 7) is 6.24. The van der Waals surface area contributed by atoms with Gasteiger partial charge in [0.2, 0.25) is 5.91 Å². The minimum atomic E-state index is -0.329. The molecule has 3 rings (SSSR count). The molecule has 1 amide bonds. The number of carbonyl (C=O) groups excluding carboxylic acids is 1. The molecule has 7 heteroatoms. The topological polar surface area (TPSA) is 60.2 Å². The first-order chi connectivity index (χ1) is 12.6. The highest BCUT2D eigenvalue weighted by atomic mass is 19.1. The van der Waals surface area contributed by atoms with Gasteiger partial charge in [-0.1, -0.05) is 13.0 Å². The van der Waals surface area contributed by atoms with Crippen molar-refractivity contribution >= 4 is 5.91 Å². The molecular weight excluding hydrogens is 335 g/mol. The van der Waals surface area contributed by atoms with Gasteiger partial charge in [0.1, 0.15) is 24.0 Å². The number of likely N-dealkylation sites (tertiary alicyclic amines) is 1. The fraction of sp³-hybridized carbons (Fsp3) is 0.526. The number of amides is 1. The lowest BCUT2D eigenvalue weighted by Gasteiger charge is -2.30. The predicted molar refractivity (Wildman–Crippen MR) is 95.3 cm³/mol.